The van der Waals surface area contributed by atoms with Crippen molar-refractivity contribution in [3.63, 3.8) is 0 Å². The summed E-state index contributed by atoms with van der Waals surface area (Å²) in [7, 11) is 2.17. The van der Waals surface area contributed by atoms with Crippen LogP contribution in [0.15, 0.2) is 36.5 Å². The highest BCUT2D eigenvalue weighted by Gasteiger charge is 2.54. The van der Waals surface area contributed by atoms with Gasteiger partial charge in [-0.25, -0.2) is 0 Å². The van der Waals surface area contributed by atoms with E-state index in [0.29, 0.717) is 5.41 Å². The van der Waals surface area contributed by atoms with Gasteiger partial charge in [-0.3, -0.25) is 0 Å². The van der Waals surface area contributed by atoms with Gasteiger partial charge in [-0.15, -0.1) is 0 Å². The minimum atomic E-state index is -0.865. The molecule has 0 spiro atoms. The lowest BCUT2D eigenvalue weighted by molar-refractivity contribution is -0.313. The Kier molecular flexibility index (Phi) is 25.0. The van der Waals surface area contributed by atoms with Gasteiger partial charge in [-0.05, 0) is 89.0 Å². The maximum Gasteiger partial charge on any atom is 0.166 e. The van der Waals surface area contributed by atoms with E-state index < -0.39 is 5.79 Å². The molecule has 2 fully saturated rings. The summed E-state index contributed by atoms with van der Waals surface area (Å²) in [6.45, 7) is 9.04. The van der Waals surface area contributed by atoms with Crippen LogP contribution < -0.4 is 0 Å². The van der Waals surface area contributed by atoms with E-state index >= 15 is 0 Å². The SMILES string of the molecule is CCCCC/C=C\C/C=C\CCCCCCCCC1(CCCCCCCCC(C)C/C=C\CCCCC)CC(O)(OC2CCN(C)C2)C1. The maximum atomic E-state index is 11.3. The van der Waals surface area contributed by atoms with Gasteiger partial charge < -0.3 is 14.7 Å². The summed E-state index contributed by atoms with van der Waals surface area (Å²) in [4.78, 5) is 2.33. The fourth-order valence-corrected chi connectivity index (χ4v) is 8.25. The molecule has 3 heteroatoms. The highest BCUT2D eigenvalue weighted by atomic mass is 16.6. The second kappa shape index (κ2) is 27.8. The Morgan fingerprint density at radius 1 is 0.667 bits per heavy atom. The number of rotatable bonds is 32. The van der Waals surface area contributed by atoms with Crippen molar-refractivity contribution in [1.29, 1.82) is 0 Å². The van der Waals surface area contributed by atoms with Crippen molar-refractivity contribution in [2.75, 3.05) is 20.1 Å². The van der Waals surface area contributed by atoms with Gasteiger partial charge in [0.2, 0.25) is 0 Å². The van der Waals surface area contributed by atoms with Crippen LogP contribution in [0.5, 0.6) is 0 Å². The molecule has 1 aliphatic heterocycles. The molecule has 1 heterocycles. The summed E-state index contributed by atoms with van der Waals surface area (Å²) < 4.78 is 6.33. The second-order valence-electron chi connectivity index (χ2n) is 16.4. The molecule has 2 aliphatic rings. The first-order valence-electron chi connectivity index (χ1n) is 21.4. The zero-order valence-electron chi connectivity index (χ0n) is 32.8. The molecule has 0 aromatic rings. The fraction of sp³-hybridized carbons (Fsp3) is 0.867. The van der Waals surface area contributed by atoms with Gasteiger partial charge in [0.1, 0.15) is 0 Å². The average Bonchev–Trinajstić information content (AvgIpc) is 3.46. The van der Waals surface area contributed by atoms with Crippen LogP contribution in [0.3, 0.4) is 0 Å². The third-order valence-electron chi connectivity index (χ3n) is 11.3. The molecule has 2 unspecified atom stereocenters. The molecule has 1 N–H and O–H groups in total. The Morgan fingerprint density at radius 3 is 1.71 bits per heavy atom. The summed E-state index contributed by atoms with van der Waals surface area (Å²) in [6, 6.07) is 0. The molecule has 0 radical (unpaired) electrons. The van der Waals surface area contributed by atoms with Crippen molar-refractivity contribution >= 4 is 0 Å². The zero-order valence-corrected chi connectivity index (χ0v) is 32.8. The molecule has 48 heavy (non-hydrogen) atoms. The third-order valence-corrected chi connectivity index (χ3v) is 11.3. The minimum Gasteiger partial charge on any atom is -0.365 e. The van der Waals surface area contributed by atoms with Crippen molar-refractivity contribution in [2.24, 2.45) is 11.3 Å². The topological polar surface area (TPSA) is 32.7 Å². The molecule has 0 aromatic carbocycles. The van der Waals surface area contributed by atoms with Crippen molar-refractivity contribution in [2.45, 2.75) is 219 Å². The fourth-order valence-electron chi connectivity index (χ4n) is 8.25. The number of unbranched alkanes of at least 4 members (excludes halogenated alkanes) is 17. The molecule has 3 nitrogen and oxygen atoms in total. The first kappa shape index (κ1) is 43.3. The van der Waals surface area contributed by atoms with Crippen molar-refractivity contribution in [3.05, 3.63) is 36.5 Å². The number of hydrogen-bond acceptors (Lipinski definition) is 3. The van der Waals surface area contributed by atoms with Gasteiger partial charge in [0.15, 0.2) is 5.79 Å². The third kappa shape index (κ3) is 21.3. The van der Waals surface area contributed by atoms with E-state index in [0.717, 1.165) is 44.7 Å². The van der Waals surface area contributed by atoms with Crippen LogP contribution in [0.2, 0.25) is 0 Å². The van der Waals surface area contributed by atoms with Gasteiger partial charge in [0.05, 0.1) is 6.10 Å². The first-order chi connectivity index (χ1) is 23.4. The van der Waals surface area contributed by atoms with E-state index in [-0.39, 0.29) is 6.10 Å². The smallest absolute Gasteiger partial charge is 0.166 e. The van der Waals surface area contributed by atoms with Crippen LogP contribution in [0.4, 0.5) is 0 Å². The van der Waals surface area contributed by atoms with Crippen LogP contribution in [0.25, 0.3) is 0 Å². The minimum absolute atomic E-state index is 0.212. The van der Waals surface area contributed by atoms with E-state index in [1.54, 1.807) is 0 Å². The summed E-state index contributed by atoms with van der Waals surface area (Å²) in [5.74, 6) is -0.0358. The second-order valence-corrected chi connectivity index (χ2v) is 16.4. The number of allylic oxidation sites excluding steroid dienone is 6. The van der Waals surface area contributed by atoms with Crippen molar-refractivity contribution < 1.29 is 9.84 Å². The zero-order chi connectivity index (χ0) is 34.6. The molecule has 0 bridgehead atoms. The number of aliphatic hydroxyl groups is 1. The van der Waals surface area contributed by atoms with Crippen LogP contribution in [0.1, 0.15) is 207 Å². The standard InChI is InChI=1S/C45H83NO2/c1-5-7-9-11-13-14-15-16-17-18-19-20-21-23-27-31-36-44(40-45(47,41-44)48-43-35-38-46(4)39-43)37-32-28-24-22-26-30-34-42(3)33-29-25-12-10-8-6-2/h13-14,16-17,25,29,42-43,47H,5-12,15,18-24,26-28,30-41H2,1-4H3/b14-13-,17-16-,29-25-. The molecule has 0 aromatic heterocycles. The summed E-state index contributed by atoms with van der Waals surface area (Å²) >= 11 is 0. The van der Waals surface area contributed by atoms with Gasteiger partial charge in [0.25, 0.3) is 0 Å². The van der Waals surface area contributed by atoms with Crippen LogP contribution in [-0.2, 0) is 4.74 Å². The molecule has 2 atom stereocenters. The van der Waals surface area contributed by atoms with E-state index in [4.69, 9.17) is 4.74 Å². The Labute approximate surface area is 300 Å². The number of nitrogens with zero attached hydrogens (tertiary/aromatic N) is 1. The molecule has 1 saturated carbocycles. The average molecular weight is 670 g/mol. The summed E-state index contributed by atoms with van der Waals surface area (Å²) in [5, 5.41) is 11.3. The van der Waals surface area contributed by atoms with Crippen molar-refractivity contribution in [3.8, 4) is 0 Å². The Hall–Kier alpha value is -0.900. The largest absolute Gasteiger partial charge is 0.365 e. The van der Waals surface area contributed by atoms with Crippen molar-refractivity contribution in [1.82, 2.24) is 4.90 Å². The Bertz CT molecular complexity index is 825. The molecular formula is C45H83NO2. The highest BCUT2D eigenvalue weighted by molar-refractivity contribution is 5.00. The molecule has 1 aliphatic carbocycles. The van der Waals surface area contributed by atoms with Crippen LogP contribution >= 0.6 is 0 Å². The number of ether oxygens (including phenoxy) is 1. The normalized spacial score (nSPS) is 24.1. The van der Waals surface area contributed by atoms with Crippen LogP contribution in [-0.4, -0.2) is 42.0 Å². The number of hydrogen-bond donors (Lipinski definition) is 1. The van der Waals surface area contributed by atoms with Gasteiger partial charge in [-0.2, -0.15) is 0 Å². The van der Waals surface area contributed by atoms with Crippen LogP contribution in [0, 0.1) is 11.3 Å². The molecule has 1 saturated heterocycles. The van der Waals surface area contributed by atoms with E-state index in [2.05, 4.69) is 69.2 Å². The predicted octanol–water partition coefficient (Wildman–Crippen LogP) is 13.7. The molecule has 280 valence electrons. The number of likely N-dealkylation sites (N-methyl/N-ethyl adjacent to an activating group) is 1. The van der Waals surface area contributed by atoms with Gasteiger partial charge >= 0.3 is 0 Å². The Balaban J connectivity index is 1.57. The molecular weight excluding hydrogens is 587 g/mol. The summed E-state index contributed by atoms with van der Waals surface area (Å²) in [6.07, 6.45) is 51.7. The quantitative estimate of drug-likeness (QED) is 0.0439. The first-order valence-corrected chi connectivity index (χ1v) is 21.4. The van der Waals surface area contributed by atoms with E-state index in [1.165, 1.54) is 161 Å². The molecule has 2 rings (SSSR count). The number of likely N-dealkylation sites (tertiary alicyclic amines) is 1. The predicted molar refractivity (Wildman–Crippen MR) is 212 cm³/mol. The van der Waals surface area contributed by atoms with E-state index in [9.17, 15) is 5.11 Å². The van der Waals surface area contributed by atoms with Gasteiger partial charge in [-0.1, -0.05) is 160 Å². The van der Waals surface area contributed by atoms with E-state index in [1.807, 2.05) is 0 Å². The lowest BCUT2D eigenvalue weighted by atomic mass is 9.59. The lowest BCUT2D eigenvalue weighted by Crippen LogP contribution is -2.55. The highest BCUT2D eigenvalue weighted by Crippen LogP contribution is 2.56. The maximum absolute atomic E-state index is 11.3. The van der Waals surface area contributed by atoms with Gasteiger partial charge in [0, 0.05) is 25.9 Å². The lowest BCUT2D eigenvalue weighted by Gasteiger charge is -2.54. The monoisotopic (exact) mass is 670 g/mol. The summed E-state index contributed by atoms with van der Waals surface area (Å²) in [5.41, 5.74) is 0.313. The Morgan fingerprint density at radius 2 is 1.17 bits per heavy atom. The molecule has 0 amide bonds.